The van der Waals surface area contributed by atoms with E-state index in [0.717, 1.165) is 22.4 Å². The minimum Gasteiger partial charge on any atom is -0.554 e. The monoisotopic (exact) mass is 667 g/mol. The van der Waals surface area contributed by atoms with Crippen LogP contribution in [-0.2, 0) is 16.8 Å². The van der Waals surface area contributed by atoms with Crippen LogP contribution in [0.25, 0.3) is 0 Å². The summed E-state index contributed by atoms with van der Waals surface area (Å²) in [5.41, 5.74) is 2.71. The first-order valence-electron chi connectivity index (χ1n) is 10.2. The molecule has 166 valence electrons. The topological polar surface area (TPSA) is 57.2 Å². The average Bonchev–Trinajstić information content (AvgIpc) is 3.30. The predicted octanol–water partition coefficient (Wildman–Crippen LogP) is 3.94. The summed E-state index contributed by atoms with van der Waals surface area (Å²) in [4.78, 5) is 15.8. The fraction of sp³-hybridized carbons (Fsp3) is 0.231. The van der Waals surface area contributed by atoms with Gasteiger partial charge in [0.25, 0.3) is 0 Å². The van der Waals surface area contributed by atoms with Gasteiger partial charge in [-0.15, -0.1) is 17.7 Å². The van der Waals surface area contributed by atoms with Crippen molar-refractivity contribution in [3.8, 4) is 23.0 Å². The normalized spacial score (nSPS) is 19.2. The number of benzene rings is 3. The van der Waals surface area contributed by atoms with Gasteiger partial charge in [-0.1, -0.05) is 18.2 Å². The van der Waals surface area contributed by atoms with Gasteiger partial charge in [-0.25, -0.2) is 0 Å². The Morgan fingerprint density at radius 2 is 1.76 bits per heavy atom. The molecule has 33 heavy (non-hydrogen) atoms. The van der Waals surface area contributed by atoms with Crippen molar-refractivity contribution in [2.45, 2.75) is 12.0 Å². The molecule has 1 amide bonds. The number of fused-ring (bicyclic) bond motifs is 5. The van der Waals surface area contributed by atoms with E-state index >= 15 is 0 Å². The Bertz CT molecular complexity index is 1210. The zero-order valence-electron chi connectivity index (χ0n) is 18.5. The molecule has 0 saturated heterocycles. The van der Waals surface area contributed by atoms with Gasteiger partial charge in [0.1, 0.15) is 31.0 Å². The summed E-state index contributed by atoms with van der Waals surface area (Å²) < 4.78 is 22.9. The average molecular weight is 668 g/mol. The van der Waals surface area contributed by atoms with E-state index in [0.29, 0.717) is 42.8 Å². The Hall–Kier alpha value is -2.62. The first-order valence-corrected chi connectivity index (χ1v) is 10.2. The molecule has 0 aromatic heterocycles. The Morgan fingerprint density at radius 1 is 1.00 bits per heavy atom. The van der Waals surface area contributed by atoms with Crippen LogP contribution in [0.1, 0.15) is 16.7 Å². The molecule has 1 atom stereocenters. The molecule has 7 heteroatoms. The number of anilines is 1. The molecule has 3 aromatic carbocycles. The Balaban J connectivity index is 0.00000130. The first-order chi connectivity index (χ1) is 15.2. The number of hydrogen-bond donors (Lipinski definition) is 0. The summed E-state index contributed by atoms with van der Waals surface area (Å²) in [5.74, 6) is 2.69. The van der Waals surface area contributed by atoms with E-state index in [-0.39, 0.29) is 51.1 Å². The minimum atomic E-state index is -0.898. The van der Waals surface area contributed by atoms with Crippen LogP contribution in [0.2, 0.25) is 0 Å². The quantitative estimate of drug-likeness (QED) is 0.397. The summed E-state index contributed by atoms with van der Waals surface area (Å²) in [6.45, 7) is 1.67. The van der Waals surface area contributed by atoms with Crippen molar-refractivity contribution in [1.29, 1.82) is 0 Å². The number of ether oxygens (including phenoxy) is 4. The number of para-hydroxylation sites is 1. The molecule has 0 radical (unpaired) electrons. The van der Waals surface area contributed by atoms with Crippen LogP contribution in [0.3, 0.4) is 0 Å². The Morgan fingerprint density at radius 3 is 2.55 bits per heavy atom. The smallest absolute Gasteiger partial charge is 0.554 e. The largest absolute Gasteiger partial charge is 2.00 e. The third-order valence-electron chi connectivity index (χ3n) is 6.21. The van der Waals surface area contributed by atoms with Crippen molar-refractivity contribution in [2.75, 3.05) is 31.8 Å². The molecule has 0 bridgehead atoms. The Kier molecular flexibility index (Phi) is 6.39. The van der Waals surface area contributed by atoms with E-state index in [1.165, 1.54) is 0 Å². The van der Waals surface area contributed by atoms with Crippen LogP contribution in [-0.4, -0.2) is 32.8 Å². The van der Waals surface area contributed by atoms with Crippen molar-refractivity contribution < 1.29 is 54.9 Å². The molecular weight excluding hydrogens is 644 g/mol. The van der Waals surface area contributed by atoms with Gasteiger partial charge in [-0.3, -0.25) is 4.79 Å². The second-order valence-electron chi connectivity index (χ2n) is 7.88. The third-order valence-corrected chi connectivity index (χ3v) is 6.21. The van der Waals surface area contributed by atoms with Crippen molar-refractivity contribution in [1.82, 2.24) is 0 Å². The minimum absolute atomic E-state index is 0. The number of amides is 1. The maximum absolute atomic E-state index is 14.0. The number of rotatable bonds is 3. The van der Waals surface area contributed by atoms with Crippen LogP contribution >= 0.6 is 0 Å². The molecule has 1 unspecified atom stereocenters. The van der Waals surface area contributed by atoms with Gasteiger partial charge >= 0.3 is 31.1 Å². The molecule has 3 aliphatic heterocycles. The van der Waals surface area contributed by atoms with Gasteiger partial charge < -0.3 is 31.3 Å². The standard InChI is InChI=1S/C25H20NO5.CH3.U/c1-28-17-6-4-5-16(11-17)14-26-20-8-3-2-7-18(20)25(24(26)27)15-31-21-13-23-22(12-19(21)25)29-9-10-30-23;;/h2-3,5-8,11-13H,9-10,14-15H2,1H3;1H3;/q2*-1;+2. The maximum Gasteiger partial charge on any atom is 2.00 e. The number of carbonyl (C=O) groups is 1. The summed E-state index contributed by atoms with van der Waals surface area (Å²) in [6, 6.07) is 20.3. The third kappa shape index (κ3) is 3.50. The van der Waals surface area contributed by atoms with Gasteiger partial charge in [-0.05, 0) is 17.7 Å². The second-order valence-corrected chi connectivity index (χ2v) is 7.88. The summed E-state index contributed by atoms with van der Waals surface area (Å²) in [7, 11) is 1.62. The van der Waals surface area contributed by atoms with Crippen molar-refractivity contribution in [2.24, 2.45) is 0 Å². The molecule has 1 spiro atoms. The fourth-order valence-electron chi connectivity index (χ4n) is 4.76. The molecule has 0 N–H and O–H groups in total. The van der Waals surface area contributed by atoms with E-state index in [1.807, 2.05) is 53.4 Å². The molecule has 6 rings (SSSR count). The number of nitrogens with zero attached hydrogens (tertiary/aromatic N) is 1. The van der Waals surface area contributed by atoms with Gasteiger partial charge in [0.15, 0.2) is 11.5 Å². The number of methoxy groups -OCH3 is 1. The van der Waals surface area contributed by atoms with Crippen molar-refractivity contribution >= 4 is 11.6 Å². The summed E-state index contributed by atoms with van der Waals surface area (Å²) in [6.07, 6.45) is 0. The summed E-state index contributed by atoms with van der Waals surface area (Å²) >= 11 is 0. The molecule has 0 fully saturated rings. The number of hydrogen-bond acceptors (Lipinski definition) is 5. The maximum atomic E-state index is 14.0. The summed E-state index contributed by atoms with van der Waals surface area (Å²) in [5, 5.41) is 0. The van der Waals surface area contributed by atoms with E-state index < -0.39 is 5.41 Å². The van der Waals surface area contributed by atoms with Crippen molar-refractivity contribution in [3.63, 3.8) is 0 Å². The van der Waals surface area contributed by atoms with E-state index in [9.17, 15) is 4.79 Å². The fourth-order valence-corrected chi connectivity index (χ4v) is 4.76. The van der Waals surface area contributed by atoms with Crippen LogP contribution in [0.5, 0.6) is 23.0 Å². The zero-order valence-corrected chi connectivity index (χ0v) is 22.7. The van der Waals surface area contributed by atoms with Gasteiger partial charge in [-0.2, -0.15) is 12.1 Å². The molecule has 3 aromatic rings. The molecule has 0 saturated carbocycles. The van der Waals surface area contributed by atoms with Gasteiger partial charge in [0.05, 0.1) is 7.11 Å². The molecular formula is C26H23NO5U. The molecule has 3 aliphatic rings. The van der Waals surface area contributed by atoms with Gasteiger partial charge in [0.2, 0.25) is 5.91 Å². The molecule has 3 heterocycles. The van der Waals surface area contributed by atoms with E-state index in [4.69, 9.17) is 18.9 Å². The van der Waals surface area contributed by atoms with Crippen LogP contribution in [0.15, 0.2) is 54.6 Å². The van der Waals surface area contributed by atoms with E-state index in [2.05, 4.69) is 6.07 Å². The zero-order chi connectivity index (χ0) is 21.0. The predicted molar refractivity (Wildman–Crippen MR) is 120 cm³/mol. The molecule has 6 nitrogen and oxygen atoms in total. The van der Waals surface area contributed by atoms with E-state index in [1.54, 1.807) is 13.2 Å². The van der Waals surface area contributed by atoms with Gasteiger partial charge in [0, 0.05) is 29.6 Å². The van der Waals surface area contributed by atoms with Crippen LogP contribution < -0.4 is 23.8 Å². The SMILES string of the molecule is COc1c[c-]cc(CN2C(=O)C3(COc4cc5c(cc43)OCCO5)c3ccccc32)c1.[CH3-].[U+2]. The van der Waals surface area contributed by atoms with Crippen molar-refractivity contribution in [3.05, 3.63) is 84.8 Å². The van der Waals surface area contributed by atoms with Crippen LogP contribution in [0.4, 0.5) is 5.69 Å². The van der Waals surface area contributed by atoms with Crippen LogP contribution in [0, 0.1) is 44.6 Å². The number of carbonyl (C=O) groups excluding carboxylic acids is 1. The second kappa shape index (κ2) is 8.96. The Labute approximate surface area is 217 Å². The first kappa shape index (κ1) is 23.5. The molecule has 0 aliphatic carbocycles.